The van der Waals surface area contributed by atoms with E-state index < -0.39 is 16.1 Å². The molecule has 0 saturated heterocycles. The van der Waals surface area contributed by atoms with Gasteiger partial charge in [0.1, 0.15) is 11.5 Å². The number of ether oxygens (including phenoxy) is 2. The van der Waals surface area contributed by atoms with Crippen LogP contribution < -0.4 is 19.1 Å². The molecule has 2 aromatic carbocycles. The first-order valence-corrected chi connectivity index (χ1v) is 9.71. The van der Waals surface area contributed by atoms with E-state index in [0.29, 0.717) is 22.9 Å². The predicted molar refractivity (Wildman–Crippen MR) is 101 cm³/mol. The van der Waals surface area contributed by atoms with Gasteiger partial charge in [0.2, 0.25) is 10.0 Å². The van der Waals surface area contributed by atoms with E-state index in [1.165, 1.54) is 7.05 Å². The number of carbonyl (C=O) groups excluding carboxylic acids is 1. The minimum absolute atomic E-state index is 0.310. The summed E-state index contributed by atoms with van der Waals surface area (Å²) >= 11 is 0. The van der Waals surface area contributed by atoms with Crippen LogP contribution in [0.4, 0.5) is 11.4 Å². The highest BCUT2D eigenvalue weighted by atomic mass is 32.2. The number of anilines is 2. The van der Waals surface area contributed by atoms with Crippen LogP contribution in [-0.2, 0) is 14.8 Å². The van der Waals surface area contributed by atoms with E-state index in [2.05, 4.69) is 5.32 Å². The summed E-state index contributed by atoms with van der Waals surface area (Å²) in [5, 5.41) is 2.75. The Morgan fingerprint density at radius 3 is 2.35 bits per heavy atom. The van der Waals surface area contributed by atoms with Gasteiger partial charge in [0.25, 0.3) is 5.91 Å². The zero-order valence-corrected chi connectivity index (χ0v) is 15.9. The summed E-state index contributed by atoms with van der Waals surface area (Å²) in [5.41, 5.74) is 1.11. The Morgan fingerprint density at radius 2 is 1.77 bits per heavy atom. The van der Waals surface area contributed by atoms with Crippen molar-refractivity contribution in [3.63, 3.8) is 0 Å². The van der Waals surface area contributed by atoms with Crippen molar-refractivity contribution < 1.29 is 22.7 Å². The first kappa shape index (κ1) is 19.6. The molecule has 7 nitrogen and oxygen atoms in total. The summed E-state index contributed by atoms with van der Waals surface area (Å²) in [7, 11) is -0.307. The number of nitrogens with one attached hydrogen (secondary N) is 1. The second-order valence-corrected chi connectivity index (χ2v) is 7.72. The van der Waals surface area contributed by atoms with Crippen molar-refractivity contribution in [1.82, 2.24) is 0 Å². The Balaban J connectivity index is 2.00. The molecule has 0 spiro atoms. The van der Waals surface area contributed by atoms with Gasteiger partial charge in [-0.3, -0.25) is 9.10 Å². The van der Waals surface area contributed by atoms with Crippen LogP contribution in [0.1, 0.15) is 6.92 Å². The summed E-state index contributed by atoms with van der Waals surface area (Å²) < 4.78 is 35.0. The molecule has 140 valence electrons. The van der Waals surface area contributed by atoms with Crippen molar-refractivity contribution in [2.75, 3.05) is 30.0 Å². The molecular weight excluding hydrogens is 356 g/mol. The third-order valence-electron chi connectivity index (χ3n) is 3.72. The largest absolute Gasteiger partial charge is 0.497 e. The van der Waals surface area contributed by atoms with E-state index in [1.807, 2.05) is 0 Å². The molecule has 0 fully saturated rings. The third kappa shape index (κ3) is 5.13. The van der Waals surface area contributed by atoms with Gasteiger partial charge in [-0.15, -0.1) is 0 Å². The first-order valence-electron chi connectivity index (χ1n) is 7.86. The molecule has 1 atom stereocenters. The van der Waals surface area contributed by atoms with Gasteiger partial charge in [0, 0.05) is 18.8 Å². The number of methoxy groups -OCH3 is 1. The Labute approximate surface area is 153 Å². The van der Waals surface area contributed by atoms with Gasteiger partial charge in [-0.25, -0.2) is 8.42 Å². The molecule has 0 heterocycles. The fraction of sp³-hybridized carbons (Fsp3) is 0.278. The summed E-state index contributed by atoms with van der Waals surface area (Å²) in [6, 6.07) is 13.5. The predicted octanol–water partition coefficient (Wildman–Crippen LogP) is 2.50. The number of nitrogens with zero attached hydrogens (tertiary/aromatic N) is 1. The van der Waals surface area contributed by atoms with Crippen LogP contribution in [0.15, 0.2) is 48.5 Å². The van der Waals surface area contributed by atoms with Crippen LogP contribution in [-0.4, -0.2) is 40.8 Å². The fourth-order valence-electron chi connectivity index (χ4n) is 2.13. The van der Waals surface area contributed by atoms with Gasteiger partial charge < -0.3 is 14.8 Å². The number of sulfonamides is 1. The minimum Gasteiger partial charge on any atom is -0.497 e. The second-order valence-electron chi connectivity index (χ2n) is 5.71. The van der Waals surface area contributed by atoms with Crippen LogP contribution in [0.5, 0.6) is 11.5 Å². The molecule has 0 aliphatic rings. The number of benzene rings is 2. The molecule has 0 aliphatic carbocycles. The zero-order valence-electron chi connectivity index (χ0n) is 15.1. The summed E-state index contributed by atoms with van der Waals surface area (Å²) in [6.07, 6.45) is 0.391. The van der Waals surface area contributed by atoms with Gasteiger partial charge in [0.05, 0.1) is 19.1 Å². The van der Waals surface area contributed by atoms with Crippen LogP contribution in [0.2, 0.25) is 0 Å². The maximum Gasteiger partial charge on any atom is 0.265 e. The van der Waals surface area contributed by atoms with E-state index in [-0.39, 0.29) is 5.91 Å². The summed E-state index contributed by atoms with van der Waals surface area (Å²) in [4.78, 5) is 12.3. The number of carbonyl (C=O) groups is 1. The van der Waals surface area contributed by atoms with Crippen LogP contribution in [0, 0.1) is 0 Å². The van der Waals surface area contributed by atoms with Crippen molar-refractivity contribution in [3.05, 3.63) is 48.5 Å². The molecule has 0 radical (unpaired) electrons. The Hall–Kier alpha value is -2.74. The molecule has 26 heavy (non-hydrogen) atoms. The molecule has 0 aromatic heterocycles. The van der Waals surface area contributed by atoms with Gasteiger partial charge in [-0.2, -0.15) is 0 Å². The minimum atomic E-state index is -3.33. The maximum atomic E-state index is 12.3. The van der Waals surface area contributed by atoms with Crippen LogP contribution in [0.3, 0.4) is 0 Å². The molecule has 0 bridgehead atoms. The molecule has 8 heteroatoms. The highest BCUT2D eigenvalue weighted by molar-refractivity contribution is 7.92. The summed E-state index contributed by atoms with van der Waals surface area (Å²) in [6.45, 7) is 1.63. The zero-order chi connectivity index (χ0) is 19.3. The van der Waals surface area contributed by atoms with E-state index in [1.54, 1.807) is 62.6 Å². The van der Waals surface area contributed by atoms with E-state index in [4.69, 9.17) is 9.47 Å². The normalized spacial score (nSPS) is 12.2. The molecule has 0 aliphatic heterocycles. The molecule has 2 rings (SSSR count). The van der Waals surface area contributed by atoms with Gasteiger partial charge in [0.15, 0.2) is 6.10 Å². The van der Waals surface area contributed by atoms with Crippen molar-refractivity contribution in [3.8, 4) is 11.5 Å². The monoisotopic (exact) mass is 378 g/mol. The van der Waals surface area contributed by atoms with Crippen molar-refractivity contribution in [2.45, 2.75) is 13.0 Å². The lowest BCUT2D eigenvalue weighted by atomic mass is 10.2. The smallest absolute Gasteiger partial charge is 0.265 e. The van der Waals surface area contributed by atoms with Crippen LogP contribution >= 0.6 is 0 Å². The number of amides is 1. The molecule has 1 amide bonds. The molecule has 1 unspecified atom stereocenters. The lowest BCUT2D eigenvalue weighted by molar-refractivity contribution is -0.122. The number of rotatable bonds is 7. The van der Waals surface area contributed by atoms with Crippen LogP contribution in [0.25, 0.3) is 0 Å². The highest BCUT2D eigenvalue weighted by Crippen LogP contribution is 2.22. The summed E-state index contributed by atoms with van der Waals surface area (Å²) in [5.74, 6) is 0.793. The quantitative estimate of drug-likeness (QED) is 0.800. The Bertz CT molecular complexity index is 865. The van der Waals surface area contributed by atoms with Crippen molar-refractivity contribution in [1.29, 1.82) is 0 Å². The average Bonchev–Trinajstić information content (AvgIpc) is 2.61. The Morgan fingerprint density at radius 1 is 1.12 bits per heavy atom. The second kappa shape index (κ2) is 8.09. The van der Waals surface area contributed by atoms with Gasteiger partial charge in [-0.05, 0) is 43.3 Å². The van der Waals surface area contributed by atoms with Crippen molar-refractivity contribution in [2.24, 2.45) is 0 Å². The van der Waals surface area contributed by atoms with Crippen molar-refractivity contribution >= 4 is 27.3 Å². The number of hydrogen-bond donors (Lipinski definition) is 1. The third-order valence-corrected chi connectivity index (χ3v) is 4.92. The molecular formula is C18H22N2O5S. The lowest BCUT2D eigenvalue weighted by Crippen LogP contribution is -2.30. The highest BCUT2D eigenvalue weighted by Gasteiger charge is 2.16. The Kier molecular flexibility index (Phi) is 6.10. The molecule has 0 saturated carbocycles. The first-order chi connectivity index (χ1) is 12.2. The standard InChI is InChI=1S/C18H22N2O5S/c1-13(18(21)19-14-6-5-7-17(12-14)24-3)25-16-10-8-15(9-11-16)20(2)26(4,22)23/h5-13H,1-4H3,(H,19,21). The average molecular weight is 378 g/mol. The lowest BCUT2D eigenvalue weighted by Gasteiger charge is -2.18. The topological polar surface area (TPSA) is 84.9 Å². The van der Waals surface area contributed by atoms with E-state index >= 15 is 0 Å². The molecule has 1 N–H and O–H groups in total. The van der Waals surface area contributed by atoms with Gasteiger partial charge >= 0.3 is 0 Å². The maximum absolute atomic E-state index is 12.3. The fourth-order valence-corrected chi connectivity index (χ4v) is 2.63. The SMILES string of the molecule is COc1cccc(NC(=O)C(C)Oc2ccc(N(C)S(C)(=O)=O)cc2)c1. The van der Waals surface area contributed by atoms with E-state index in [9.17, 15) is 13.2 Å². The number of hydrogen-bond acceptors (Lipinski definition) is 5. The van der Waals surface area contributed by atoms with Gasteiger partial charge in [-0.1, -0.05) is 6.07 Å². The van der Waals surface area contributed by atoms with E-state index in [0.717, 1.165) is 10.6 Å². The molecule has 2 aromatic rings.